The number of rotatable bonds is 3. The number of anilines is 1. The van der Waals surface area contributed by atoms with Crippen LogP contribution in [0.3, 0.4) is 0 Å². The Kier molecular flexibility index (Phi) is 3.99. The van der Waals surface area contributed by atoms with Gasteiger partial charge in [0.1, 0.15) is 0 Å². The number of nitrogen functional groups attached to an aromatic ring is 1. The largest absolute Gasteiger partial charge is 0.416 e. The molecule has 19 heavy (non-hydrogen) atoms. The molecule has 0 saturated heterocycles. The van der Waals surface area contributed by atoms with E-state index in [4.69, 9.17) is 5.73 Å². The van der Waals surface area contributed by atoms with Crippen LogP contribution in [0.1, 0.15) is 11.1 Å². The molecule has 6 heteroatoms. The minimum atomic E-state index is -4.29. The second-order valence-corrected chi connectivity index (χ2v) is 4.91. The van der Waals surface area contributed by atoms with Gasteiger partial charge in [0, 0.05) is 16.8 Å². The summed E-state index contributed by atoms with van der Waals surface area (Å²) in [7, 11) is 0. The molecule has 1 aromatic carbocycles. The van der Waals surface area contributed by atoms with Crippen molar-refractivity contribution in [3.63, 3.8) is 0 Å². The van der Waals surface area contributed by atoms with Crippen LogP contribution < -0.4 is 5.73 Å². The molecule has 0 radical (unpaired) electrons. The number of nitrogens with two attached hydrogens (primary N) is 1. The predicted molar refractivity (Wildman–Crippen MR) is 69.7 cm³/mol. The van der Waals surface area contributed by atoms with E-state index in [9.17, 15) is 13.2 Å². The van der Waals surface area contributed by atoms with Gasteiger partial charge in [-0.05, 0) is 23.8 Å². The van der Waals surface area contributed by atoms with E-state index in [1.807, 2.05) is 0 Å². The molecule has 2 N–H and O–H groups in total. The lowest BCUT2D eigenvalue weighted by molar-refractivity contribution is -0.137. The number of pyridine rings is 1. The summed E-state index contributed by atoms with van der Waals surface area (Å²) in [5, 5.41) is 0. The van der Waals surface area contributed by atoms with E-state index < -0.39 is 11.7 Å². The van der Waals surface area contributed by atoms with E-state index >= 15 is 0 Å². The highest BCUT2D eigenvalue weighted by molar-refractivity contribution is 7.98. The molecule has 0 unspecified atom stereocenters. The summed E-state index contributed by atoms with van der Waals surface area (Å²) in [6.45, 7) is 0. The van der Waals surface area contributed by atoms with Crippen molar-refractivity contribution in [3.05, 3.63) is 53.9 Å². The van der Waals surface area contributed by atoms with E-state index in [1.165, 1.54) is 23.9 Å². The van der Waals surface area contributed by atoms with Gasteiger partial charge in [0.05, 0.1) is 17.4 Å². The fourth-order valence-corrected chi connectivity index (χ4v) is 2.37. The molecular formula is C13H11F3N2S. The molecule has 0 atom stereocenters. The normalized spacial score (nSPS) is 11.5. The summed E-state index contributed by atoms with van der Waals surface area (Å²) < 4.78 is 37.2. The van der Waals surface area contributed by atoms with Crippen molar-refractivity contribution >= 4 is 17.4 Å². The maximum Gasteiger partial charge on any atom is 0.416 e. The molecule has 0 aliphatic rings. The van der Waals surface area contributed by atoms with Crippen molar-refractivity contribution in [3.8, 4) is 0 Å². The zero-order valence-corrected chi connectivity index (χ0v) is 10.6. The monoisotopic (exact) mass is 284 g/mol. The lowest BCUT2D eigenvalue weighted by Gasteiger charge is -2.08. The summed E-state index contributed by atoms with van der Waals surface area (Å²) in [4.78, 5) is 4.75. The van der Waals surface area contributed by atoms with Gasteiger partial charge in [-0.25, -0.2) is 0 Å². The Morgan fingerprint density at radius 1 is 1.11 bits per heavy atom. The van der Waals surface area contributed by atoms with Gasteiger partial charge >= 0.3 is 6.18 Å². The number of halogens is 3. The molecule has 1 heterocycles. The van der Waals surface area contributed by atoms with Gasteiger partial charge in [-0.15, -0.1) is 11.8 Å². The number of alkyl halides is 3. The average Bonchev–Trinajstić information content (AvgIpc) is 2.37. The number of benzene rings is 1. The van der Waals surface area contributed by atoms with Crippen LogP contribution in [-0.2, 0) is 11.9 Å². The topological polar surface area (TPSA) is 38.9 Å². The van der Waals surface area contributed by atoms with E-state index in [0.717, 1.165) is 22.6 Å². The summed E-state index contributed by atoms with van der Waals surface area (Å²) in [5.41, 5.74) is 6.48. The number of hydrogen-bond acceptors (Lipinski definition) is 3. The maximum atomic E-state index is 12.4. The van der Waals surface area contributed by atoms with Crippen LogP contribution in [0.2, 0.25) is 0 Å². The van der Waals surface area contributed by atoms with E-state index in [-0.39, 0.29) is 0 Å². The Morgan fingerprint density at radius 2 is 1.79 bits per heavy atom. The maximum absolute atomic E-state index is 12.4. The van der Waals surface area contributed by atoms with Gasteiger partial charge in [-0.1, -0.05) is 12.1 Å². The van der Waals surface area contributed by atoms with Crippen molar-refractivity contribution in [1.29, 1.82) is 0 Å². The zero-order valence-electron chi connectivity index (χ0n) is 9.82. The third kappa shape index (κ3) is 3.64. The SMILES string of the molecule is Nc1cnccc1SCc1ccc(C(F)(F)F)cc1. The Hall–Kier alpha value is -1.69. The van der Waals surface area contributed by atoms with Gasteiger partial charge in [0.25, 0.3) is 0 Å². The summed E-state index contributed by atoms with van der Waals surface area (Å²) in [5.74, 6) is 0.562. The highest BCUT2D eigenvalue weighted by atomic mass is 32.2. The van der Waals surface area contributed by atoms with Crippen LogP contribution in [0.25, 0.3) is 0 Å². The molecule has 2 nitrogen and oxygen atoms in total. The fourth-order valence-electron chi connectivity index (χ4n) is 1.48. The number of thioether (sulfide) groups is 1. The average molecular weight is 284 g/mol. The number of nitrogens with zero attached hydrogens (tertiary/aromatic N) is 1. The first-order chi connectivity index (χ1) is 8.97. The van der Waals surface area contributed by atoms with Crippen LogP contribution in [0.4, 0.5) is 18.9 Å². The second-order valence-electron chi connectivity index (χ2n) is 3.90. The van der Waals surface area contributed by atoms with Gasteiger partial charge < -0.3 is 5.73 Å². The lowest BCUT2D eigenvalue weighted by atomic mass is 10.1. The van der Waals surface area contributed by atoms with Crippen LogP contribution in [-0.4, -0.2) is 4.98 Å². The first-order valence-corrected chi connectivity index (χ1v) is 6.44. The third-order valence-corrected chi connectivity index (χ3v) is 3.65. The van der Waals surface area contributed by atoms with Crippen LogP contribution in [0.5, 0.6) is 0 Å². The summed E-state index contributed by atoms with van der Waals surface area (Å²) >= 11 is 1.47. The van der Waals surface area contributed by atoms with Gasteiger partial charge in [-0.3, -0.25) is 4.98 Å². The van der Waals surface area contributed by atoms with Gasteiger partial charge in [0.15, 0.2) is 0 Å². The standard InChI is InChI=1S/C13H11F3N2S/c14-13(15,16)10-3-1-9(2-4-10)8-19-12-5-6-18-7-11(12)17/h1-7H,8,17H2. The van der Waals surface area contributed by atoms with Crippen molar-refractivity contribution in [1.82, 2.24) is 4.98 Å². The van der Waals surface area contributed by atoms with Crippen molar-refractivity contribution in [2.45, 2.75) is 16.8 Å². The lowest BCUT2D eigenvalue weighted by Crippen LogP contribution is -2.04. The van der Waals surface area contributed by atoms with E-state index in [2.05, 4.69) is 4.98 Å². The Morgan fingerprint density at radius 3 is 2.37 bits per heavy atom. The smallest absolute Gasteiger partial charge is 0.397 e. The van der Waals surface area contributed by atoms with E-state index in [1.54, 1.807) is 18.5 Å². The van der Waals surface area contributed by atoms with Crippen LogP contribution in [0, 0.1) is 0 Å². The molecule has 0 aliphatic heterocycles. The highest BCUT2D eigenvalue weighted by Gasteiger charge is 2.29. The van der Waals surface area contributed by atoms with Crippen molar-refractivity contribution < 1.29 is 13.2 Å². The highest BCUT2D eigenvalue weighted by Crippen LogP contribution is 2.31. The van der Waals surface area contributed by atoms with Crippen LogP contribution in [0.15, 0.2) is 47.6 Å². The molecule has 2 rings (SSSR count). The predicted octanol–water partition coefficient (Wildman–Crippen LogP) is 3.97. The molecule has 100 valence electrons. The minimum absolute atomic E-state index is 0.562. The Balaban J connectivity index is 2.03. The second kappa shape index (κ2) is 5.52. The molecule has 0 fully saturated rings. The minimum Gasteiger partial charge on any atom is -0.397 e. The Labute approximate surface area is 112 Å². The fraction of sp³-hybridized carbons (Fsp3) is 0.154. The molecule has 0 saturated carbocycles. The molecule has 1 aromatic heterocycles. The first kappa shape index (κ1) is 13.7. The van der Waals surface area contributed by atoms with Gasteiger partial charge in [-0.2, -0.15) is 13.2 Å². The Bertz CT molecular complexity index is 553. The van der Waals surface area contributed by atoms with Crippen molar-refractivity contribution in [2.24, 2.45) is 0 Å². The molecular weight excluding hydrogens is 273 g/mol. The molecule has 2 aromatic rings. The molecule has 0 bridgehead atoms. The summed E-state index contributed by atoms with van der Waals surface area (Å²) in [6.07, 6.45) is -1.11. The molecule has 0 aliphatic carbocycles. The number of hydrogen-bond donors (Lipinski definition) is 1. The quantitative estimate of drug-likeness (QED) is 0.867. The van der Waals surface area contributed by atoms with Gasteiger partial charge in [0.2, 0.25) is 0 Å². The van der Waals surface area contributed by atoms with Crippen LogP contribution >= 0.6 is 11.8 Å². The molecule has 0 spiro atoms. The number of aromatic nitrogens is 1. The summed E-state index contributed by atoms with van der Waals surface area (Å²) in [6, 6.07) is 6.92. The third-order valence-electron chi connectivity index (χ3n) is 2.49. The van der Waals surface area contributed by atoms with Crippen molar-refractivity contribution in [2.75, 3.05) is 5.73 Å². The van der Waals surface area contributed by atoms with E-state index in [0.29, 0.717) is 11.4 Å². The molecule has 0 amide bonds. The first-order valence-electron chi connectivity index (χ1n) is 5.45. The zero-order chi connectivity index (χ0) is 13.9.